The minimum absolute atomic E-state index is 0.259. The van der Waals surface area contributed by atoms with E-state index in [0.29, 0.717) is 15.9 Å². The number of halogens is 1. The first-order valence-electron chi connectivity index (χ1n) is 4.88. The number of methoxy groups -OCH3 is 1. The molecule has 2 rings (SSSR count). The second-order valence-electron chi connectivity index (χ2n) is 3.22. The number of carbonyl (C=O) groups excluding carboxylic acids is 1. The Morgan fingerprint density at radius 1 is 1.18 bits per heavy atom. The first kappa shape index (κ1) is 11.7. The van der Waals surface area contributed by atoms with Crippen LogP contribution < -0.4 is 4.74 Å². The van der Waals surface area contributed by atoms with Gasteiger partial charge < -0.3 is 4.74 Å². The molecule has 2 heterocycles. The van der Waals surface area contributed by atoms with Crippen LogP contribution in [0, 0.1) is 0 Å². The van der Waals surface area contributed by atoms with Gasteiger partial charge in [-0.05, 0) is 40.2 Å². The summed E-state index contributed by atoms with van der Waals surface area (Å²) in [5.41, 5.74) is 0.582. The summed E-state index contributed by atoms with van der Waals surface area (Å²) in [6.07, 6.45) is 3.11. The van der Waals surface area contributed by atoms with Crippen molar-refractivity contribution in [2.24, 2.45) is 0 Å². The number of nitrogens with zero attached hydrogens (tertiary/aromatic N) is 2. The first-order chi connectivity index (χ1) is 8.24. The molecule has 86 valence electrons. The van der Waals surface area contributed by atoms with E-state index >= 15 is 0 Å². The van der Waals surface area contributed by atoms with E-state index in [9.17, 15) is 4.79 Å². The summed E-state index contributed by atoms with van der Waals surface area (Å²) in [6, 6.07) is 6.91. The Hall–Kier alpha value is -1.75. The molecule has 0 saturated carbocycles. The van der Waals surface area contributed by atoms with E-state index in [0.717, 1.165) is 0 Å². The lowest BCUT2D eigenvalue weighted by Gasteiger charge is -2.06. The number of pyridine rings is 2. The molecule has 5 heteroatoms. The molecule has 0 aromatic carbocycles. The summed E-state index contributed by atoms with van der Waals surface area (Å²) in [5.74, 6) is 0.171. The van der Waals surface area contributed by atoms with Crippen molar-refractivity contribution in [2.75, 3.05) is 7.11 Å². The van der Waals surface area contributed by atoms with Crippen molar-refractivity contribution in [2.45, 2.75) is 0 Å². The molecule has 0 aliphatic rings. The van der Waals surface area contributed by atoms with Gasteiger partial charge in [0, 0.05) is 16.9 Å². The molecule has 0 radical (unpaired) electrons. The third-order valence-corrected chi connectivity index (χ3v) is 2.82. The first-order valence-corrected chi connectivity index (χ1v) is 5.67. The normalized spacial score (nSPS) is 10.0. The number of ketones is 1. The van der Waals surface area contributed by atoms with Crippen LogP contribution >= 0.6 is 15.9 Å². The lowest BCUT2D eigenvalue weighted by molar-refractivity contribution is 0.102. The fourth-order valence-electron chi connectivity index (χ4n) is 1.39. The molecule has 0 atom stereocenters. The topological polar surface area (TPSA) is 52.1 Å². The van der Waals surface area contributed by atoms with E-state index in [1.165, 1.54) is 7.11 Å². The van der Waals surface area contributed by atoms with Gasteiger partial charge in [0.2, 0.25) is 5.78 Å². The maximum atomic E-state index is 12.2. The Bertz CT molecular complexity index is 558. The summed E-state index contributed by atoms with van der Waals surface area (Å²) in [5, 5.41) is 0. The highest BCUT2D eigenvalue weighted by Gasteiger charge is 2.18. The molecule has 0 aliphatic heterocycles. The van der Waals surface area contributed by atoms with Gasteiger partial charge in [0.05, 0.1) is 7.11 Å². The van der Waals surface area contributed by atoms with Crippen molar-refractivity contribution in [3.8, 4) is 5.75 Å². The van der Waals surface area contributed by atoms with E-state index in [1.54, 1.807) is 36.7 Å². The highest BCUT2D eigenvalue weighted by Crippen LogP contribution is 2.21. The zero-order valence-corrected chi connectivity index (χ0v) is 10.6. The summed E-state index contributed by atoms with van der Waals surface area (Å²) >= 11 is 3.29. The van der Waals surface area contributed by atoms with E-state index < -0.39 is 0 Å². The Labute approximate surface area is 107 Å². The predicted octanol–water partition coefficient (Wildman–Crippen LogP) is 2.48. The van der Waals surface area contributed by atoms with Crippen molar-refractivity contribution in [3.63, 3.8) is 0 Å². The maximum Gasteiger partial charge on any atom is 0.234 e. The van der Waals surface area contributed by atoms with Gasteiger partial charge in [0.1, 0.15) is 11.4 Å². The molecular weight excluding hydrogens is 284 g/mol. The van der Waals surface area contributed by atoms with Gasteiger partial charge in [0.25, 0.3) is 0 Å². The summed E-state index contributed by atoms with van der Waals surface area (Å²) < 4.78 is 5.74. The van der Waals surface area contributed by atoms with Gasteiger partial charge in [0.15, 0.2) is 5.69 Å². The van der Waals surface area contributed by atoms with Crippen molar-refractivity contribution in [1.82, 2.24) is 9.97 Å². The summed E-state index contributed by atoms with van der Waals surface area (Å²) in [6.45, 7) is 0. The third-order valence-electron chi connectivity index (χ3n) is 2.18. The molecular formula is C12H9BrN2O2. The van der Waals surface area contributed by atoms with E-state index in [1.807, 2.05) is 0 Å². The van der Waals surface area contributed by atoms with E-state index in [-0.39, 0.29) is 11.5 Å². The Morgan fingerprint density at radius 3 is 2.47 bits per heavy atom. The van der Waals surface area contributed by atoms with Crippen molar-refractivity contribution >= 4 is 21.7 Å². The van der Waals surface area contributed by atoms with Gasteiger partial charge in [-0.15, -0.1) is 0 Å². The minimum Gasteiger partial charge on any atom is -0.494 e. The molecule has 0 bridgehead atoms. The highest BCUT2D eigenvalue weighted by molar-refractivity contribution is 9.10. The Balaban J connectivity index is 2.48. The SMILES string of the molecule is COc1cccnc1C(=O)c1ncccc1Br. The van der Waals surface area contributed by atoms with Crippen molar-refractivity contribution < 1.29 is 9.53 Å². The van der Waals surface area contributed by atoms with Crippen molar-refractivity contribution in [1.29, 1.82) is 0 Å². The highest BCUT2D eigenvalue weighted by atomic mass is 79.9. The number of hydrogen-bond donors (Lipinski definition) is 0. The fourth-order valence-corrected chi connectivity index (χ4v) is 1.83. The van der Waals surface area contributed by atoms with Gasteiger partial charge in [-0.2, -0.15) is 0 Å². The molecule has 0 spiro atoms. The monoisotopic (exact) mass is 292 g/mol. The molecule has 0 amide bonds. The lowest BCUT2D eigenvalue weighted by atomic mass is 10.1. The number of rotatable bonds is 3. The standard InChI is InChI=1S/C12H9BrN2O2/c1-17-9-5-3-7-15-11(9)12(16)10-8(13)4-2-6-14-10/h2-7H,1H3. The van der Waals surface area contributed by atoms with Crippen molar-refractivity contribution in [3.05, 3.63) is 52.5 Å². The molecule has 0 unspecified atom stereocenters. The Kier molecular flexibility index (Phi) is 3.49. The molecule has 2 aromatic rings. The van der Waals surface area contributed by atoms with Crippen LogP contribution in [0.5, 0.6) is 5.75 Å². The molecule has 0 fully saturated rings. The molecule has 4 nitrogen and oxygen atoms in total. The average molecular weight is 293 g/mol. The van der Waals surface area contributed by atoms with E-state index in [2.05, 4.69) is 25.9 Å². The number of ether oxygens (including phenoxy) is 1. The second-order valence-corrected chi connectivity index (χ2v) is 4.07. The van der Waals surface area contributed by atoms with Gasteiger partial charge in [-0.3, -0.25) is 9.78 Å². The second kappa shape index (κ2) is 5.05. The average Bonchev–Trinajstić information content (AvgIpc) is 2.38. The van der Waals surface area contributed by atoms with Gasteiger partial charge in [-0.1, -0.05) is 0 Å². The zero-order chi connectivity index (χ0) is 12.3. The van der Waals surface area contributed by atoms with Crippen LogP contribution in [0.2, 0.25) is 0 Å². The molecule has 0 N–H and O–H groups in total. The molecule has 2 aromatic heterocycles. The quantitative estimate of drug-likeness (QED) is 0.816. The molecule has 0 aliphatic carbocycles. The lowest BCUT2D eigenvalue weighted by Crippen LogP contribution is -2.08. The van der Waals surface area contributed by atoms with Gasteiger partial charge >= 0.3 is 0 Å². The largest absolute Gasteiger partial charge is 0.494 e. The summed E-state index contributed by atoms with van der Waals surface area (Å²) in [7, 11) is 1.50. The van der Waals surface area contributed by atoms with Crippen LogP contribution in [0.25, 0.3) is 0 Å². The minimum atomic E-state index is -0.269. The molecule has 17 heavy (non-hydrogen) atoms. The number of aromatic nitrogens is 2. The van der Waals surface area contributed by atoms with E-state index in [4.69, 9.17) is 4.74 Å². The van der Waals surface area contributed by atoms with Crippen LogP contribution in [0.1, 0.15) is 16.2 Å². The Morgan fingerprint density at radius 2 is 1.82 bits per heavy atom. The third kappa shape index (κ3) is 2.34. The van der Waals surface area contributed by atoms with Crippen LogP contribution in [-0.4, -0.2) is 22.9 Å². The fraction of sp³-hybridized carbons (Fsp3) is 0.0833. The molecule has 0 saturated heterocycles. The summed E-state index contributed by atoms with van der Waals surface area (Å²) in [4.78, 5) is 20.3. The van der Waals surface area contributed by atoms with Crippen LogP contribution in [0.3, 0.4) is 0 Å². The zero-order valence-electron chi connectivity index (χ0n) is 9.05. The maximum absolute atomic E-state index is 12.2. The number of carbonyl (C=O) groups is 1. The van der Waals surface area contributed by atoms with Crippen LogP contribution in [0.15, 0.2) is 41.1 Å². The predicted molar refractivity (Wildman–Crippen MR) is 66.2 cm³/mol. The van der Waals surface area contributed by atoms with Gasteiger partial charge in [-0.25, -0.2) is 4.98 Å². The number of hydrogen-bond acceptors (Lipinski definition) is 4. The van der Waals surface area contributed by atoms with Crippen LogP contribution in [-0.2, 0) is 0 Å². The van der Waals surface area contributed by atoms with Crippen LogP contribution in [0.4, 0.5) is 0 Å². The smallest absolute Gasteiger partial charge is 0.234 e.